The topological polar surface area (TPSA) is 57.4 Å². The smallest absolute Gasteiger partial charge is 0.141 e. The molecule has 4 heteroatoms. The number of aryl methyl sites for hydroxylation is 1. The van der Waals surface area contributed by atoms with Gasteiger partial charge in [-0.05, 0) is 32.4 Å². The first kappa shape index (κ1) is 15.9. The summed E-state index contributed by atoms with van der Waals surface area (Å²) in [6.45, 7) is 6.81. The lowest BCUT2D eigenvalue weighted by atomic mass is 10.1. The number of ether oxygens (including phenoxy) is 2. The molecule has 0 aromatic carbocycles. The van der Waals surface area contributed by atoms with Crippen molar-refractivity contribution < 1.29 is 9.47 Å². The lowest BCUT2D eigenvalue weighted by molar-refractivity contribution is 0.134. The average Bonchev–Trinajstić information content (AvgIpc) is 2.39. The van der Waals surface area contributed by atoms with Gasteiger partial charge in [0.15, 0.2) is 0 Å². The van der Waals surface area contributed by atoms with E-state index in [1.807, 2.05) is 26.0 Å². The third kappa shape index (κ3) is 5.57. The van der Waals surface area contributed by atoms with Gasteiger partial charge in [0.1, 0.15) is 5.75 Å². The summed E-state index contributed by atoms with van der Waals surface area (Å²) in [5, 5.41) is 0. The second-order valence-electron chi connectivity index (χ2n) is 4.98. The Balaban J connectivity index is 2.75. The quantitative estimate of drug-likeness (QED) is 0.785. The molecule has 0 bridgehead atoms. The molecule has 2 N–H and O–H groups in total. The second-order valence-corrected chi connectivity index (χ2v) is 4.98. The summed E-state index contributed by atoms with van der Waals surface area (Å²) >= 11 is 0. The highest BCUT2D eigenvalue weighted by Gasteiger charge is 2.12. The van der Waals surface area contributed by atoms with Gasteiger partial charge < -0.3 is 15.2 Å². The van der Waals surface area contributed by atoms with Crippen LogP contribution in [0.4, 0.5) is 0 Å². The van der Waals surface area contributed by atoms with E-state index >= 15 is 0 Å². The predicted molar refractivity (Wildman–Crippen MR) is 77.5 cm³/mol. The van der Waals surface area contributed by atoms with Gasteiger partial charge in [0.25, 0.3) is 0 Å². The van der Waals surface area contributed by atoms with Crippen LogP contribution in [0, 0.1) is 6.92 Å². The summed E-state index contributed by atoms with van der Waals surface area (Å²) in [4.78, 5) is 4.56. The molecular formula is C15H26N2O2. The first-order chi connectivity index (χ1) is 9.06. The van der Waals surface area contributed by atoms with E-state index in [9.17, 15) is 0 Å². The minimum Gasteiger partial charge on any atom is -0.489 e. The predicted octanol–water partition coefficient (Wildman–Crippen LogP) is 2.47. The molecule has 0 amide bonds. The van der Waals surface area contributed by atoms with Gasteiger partial charge in [-0.25, -0.2) is 0 Å². The fourth-order valence-electron chi connectivity index (χ4n) is 1.80. The maximum absolute atomic E-state index is 6.02. The van der Waals surface area contributed by atoms with E-state index in [0.29, 0.717) is 6.61 Å². The van der Waals surface area contributed by atoms with Gasteiger partial charge in [-0.1, -0.05) is 6.92 Å². The van der Waals surface area contributed by atoms with Crippen LogP contribution < -0.4 is 10.5 Å². The van der Waals surface area contributed by atoms with Crippen molar-refractivity contribution in [2.45, 2.75) is 52.2 Å². The van der Waals surface area contributed by atoms with Crippen molar-refractivity contribution in [3.8, 4) is 5.75 Å². The number of methoxy groups -OCH3 is 1. The third-order valence-electron chi connectivity index (χ3n) is 3.11. The van der Waals surface area contributed by atoms with Gasteiger partial charge in [0.05, 0.1) is 11.8 Å². The SMILES string of the molecule is CCC(N)Cc1nc(C)ccc1OC(C)CCOC. The molecule has 0 saturated carbocycles. The summed E-state index contributed by atoms with van der Waals surface area (Å²) in [5.74, 6) is 0.845. The van der Waals surface area contributed by atoms with Crippen molar-refractivity contribution in [1.29, 1.82) is 0 Å². The monoisotopic (exact) mass is 266 g/mol. The van der Waals surface area contributed by atoms with Crippen LogP contribution in [-0.4, -0.2) is 30.8 Å². The summed E-state index contributed by atoms with van der Waals surface area (Å²) in [6.07, 6.45) is 2.67. The Bertz CT molecular complexity index is 382. The Morgan fingerprint density at radius 1 is 1.37 bits per heavy atom. The minimum absolute atomic E-state index is 0.112. The van der Waals surface area contributed by atoms with Crippen LogP contribution in [0.5, 0.6) is 5.75 Å². The molecule has 0 fully saturated rings. The van der Waals surface area contributed by atoms with E-state index in [-0.39, 0.29) is 12.1 Å². The standard InChI is InChI=1S/C15H26N2O2/c1-5-13(16)10-14-15(7-6-11(2)17-14)19-12(3)8-9-18-4/h6-7,12-13H,5,8-10,16H2,1-4H3. The molecule has 0 aliphatic carbocycles. The van der Waals surface area contributed by atoms with Gasteiger partial charge in [-0.15, -0.1) is 0 Å². The zero-order chi connectivity index (χ0) is 14.3. The molecule has 1 aromatic heterocycles. The van der Waals surface area contributed by atoms with Gasteiger partial charge in [0.2, 0.25) is 0 Å². The molecule has 1 aromatic rings. The molecule has 0 saturated heterocycles. The van der Waals surface area contributed by atoms with E-state index in [2.05, 4.69) is 11.9 Å². The van der Waals surface area contributed by atoms with Gasteiger partial charge in [0, 0.05) is 38.3 Å². The molecule has 4 nitrogen and oxygen atoms in total. The molecule has 0 aliphatic rings. The fourth-order valence-corrected chi connectivity index (χ4v) is 1.80. The molecule has 2 unspecified atom stereocenters. The van der Waals surface area contributed by atoms with E-state index in [1.165, 1.54) is 0 Å². The molecule has 1 heterocycles. The van der Waals surface area contributed by atoms with Crippen molar-refractivity contribution in [2.24, 2.45) is 5.73 Å². The van der Waals surface area contributed by atoms with Crippen molar-refractivity contribution in [1.82, 2.24) is 4.98 Å². The van der Waals surface area contributed by atoms with E-state index < -0.39 is 0 Å². The van der Waals surface area contributed by atoms with Crippen LogP contribution >= 0.6 is 0 Å². The Kier molecular flexibility index (Phi) is 6.81. The highest BCUT2D eigenvalue weighted by molar-refractivity contribution is 5.30. The number of rotatable bonds is 8. The fraction of sp³-hybridized carbons (Fsp3) is 0.667. The van der Waals surface area contributed by atoms with E-state index in [0.717, 1.165) is 36.4 Å². The zero-order valence-electron chi connectivity index (χ0n) is 12.5. The minimum atomic E-state index is 0.112. The van der Waals surface area contributed by atoms with Gasteiger partial charge in [-0.3, -0.25) is 4.98 Å². The number of nitrogens with zero attached hydrogens (tertiary/aromatic N) is 1. The largest absolute Gasteiger partial charge is 0.489 e. The van der Waals surface area contributed by atoms with Crippen LogP contribution in [0.2, 0.25) is 0 Å². The van der Waals surface area contributed by atoms with E-state index in [4.69, 9.17) is 15.2 Å². The first-order valence-electron chi connectivity index (χ1n) is 6.94. The Morgan fingerprint density at radius 3 is 2.74 bits per heavy atom. The molecule has 108 valence electrons. The van der Waals surface area contributed by atoms with Gasteiger partial charge >= 0.3 is 0 Å². The molecule has 2 atom stereocenters. The highest BCUT2D eigenvalue weighted by Crippen LogP contribution is 2.21. The number of nitrogens with two attached hydrogens (primary N) is 1. The number of pyridine rings is 1. The van der Waals surface area contributed by atoms with Crippen LogP contribution in [0.25, 0.3) is 0 Å². The van der Waals surface area contributed by atoms with Crippen LogP contribution in [0.1, 0.15) is 38.1 Å². The Hall–Kier alpha value is -1.13. The second kappa shape index (κ2) is 8.12. The maximum atomic E-state index is 6.02. The number of hydrogen-bond donors (Lipinski definition) is 1. The lowest BCUT2D eigenvalue weighted by Crippen LogP contribution is -2.23. The maximum Gasteiger partial charge on any atom is 0.141 e. The molecular weight excluding hydrogens is 240 g/mol. The summed E-state index contributed by atoms with van der Waals surface area (Å²) in [5.41, 5.74) is 7.97. The molecule has 0 aliphatic heterocycles. The van der Waals surface area contributed by atoms with Crippen molar-refractivity contribution in [3.05, 3.63) is 23.5 Å². The lowest BCUT2D eigenvalue weighted by Gasteiger charge is -2.18. The van der Waals surface area contributed by atoms with Crippen LogP contribution in [0.15, 0.2) is 12.1 Å². The third-order valence-corrected chi connectivity index (χ3v) is 3.11. The normalized spacial score (nSPS) is 14.2. The summed E-state index contributed by atoms with van der Waals surface area (Å²) in [6, 6.07) is 4.09. The average molecular weight is 266 g/mol. The molecule has 1 rings (SSSR count). The van der Waals surface area contributed by atoms with Crippen LogP contribution in [-0.2, 0) is 11.2 Å². The summed E-state index contributed by atoms with van der Waals surface area (Å²) in [7, 11) is 1.70. The van der Waals surface area contributed by atoms with Gasteiger partial charge in [-0.2, -0.15) is 0 Å². The van der Waals surface area contributed by atoms with Crippen molar-refractivity contribution >= 4 is 0 Å². The first-order valence-corrected chi connectivity index (χ1v) is 6.94. The Morgan fingerprint density at radius 2 is 2.11 bits per heavy atom. The van der Waals surface area contributed by atoms with Crippen molar-refractivity contribution in [3.63, 3.8) is 0 Å². The molecule has 0 radical (unpaired) electrons. The number of hydrogen-bond acceptors (Lipinski definition) is 4. The molecule has 19 heavy (non-hydrogen) atoms. The van der Waals surface area contributed by atoms with Crippen LogP contribution in [0.3, 0.4) is 0 Å². The van der Waals surface area contributed by atoms with Crippen molar-refractivity contribution in [2.75, 3.05) is 13.7 Å². The van der Waals surface area contributed by atoms with E-state index in [1.54, 1.807) is 7.11 Å². The highest BCUT2D eigenvalue weighted by atomic mass is 16.5. The summed E-state index contributed by atoms with van der Waals surface area (Å²) < 4.78 is 11.0. The number of aromatic nitrogens is 1. The molecule has 0 spiro atoms. The Labute approximate surface area is 116 Å². The zero-order valence-corrected chi connectivity index (χ0v) is 12.5.